The standard InChI is InChI=1S/C21H24N2O2/c1-22-21(25)18-10-6-15(7-11-18)14-23-20(24)13-16-8-9-17-4-2-3-5-19(17)12-16/h6-12H,2-5,13-14H2,1H3,(H,22,25)(H,23,24). The van der Waals surface area contributed by atoms with Gasteiger partial charge in [0.15, 0.2) is 0 Å². The molecule has 1 aliphatic carbocycles. The summed E-state index contributed by atoms with van der Waals surface area (Å²) < 4.78 is 0. The first-order valence-corrected chi connectivity index (χ1v) is 8.84. The fourth-order valence-corrected chi connectivity index (χ4v) is 3.26. The minimum Gasteiger partial charge on any atom is -0.355 e. The Morgan fingerprint density at radius 2 is 1.60 bits per heavy atom. The van der Waals surface area contributed by atoms with Gasteiger partial charge in [-0.1, -0.05) is 30.3 Å². The van der Waals surface area contributed by atoms with E-state index >= 15 is 0 Å². The van der Waals surface area contributed by atoms with Gasteiger partial charge in [-0.15, -0.1) is 0 Å². The van der Waals surface area contributed by atoms with Gasteiger partial charge >= 0.3 is 0 Å². The Balaban J connectivity index is 1.53. The molecule has 25 heavy (non-hydrogen) atoms. The molecule has 0 bridgehead atoms. The van der Waals surface area contributed by atoms with Crippen LogP contribution in [0.5, 0.6) is 0 Å². The highest BCUT2D eigenvalue weighted by molar-refractivity contribution is 5.93. The van der Waals surface area contributed by atoms with Gasteiger partial charge in [0.05, 0.1) is 6.42 Å². The van der Waals surface area contributed by atoms with E-state index in [9.17, 15) is 9.59 Å². The maximum absolute atomic E-state index is 12.2. The smallest absolute Gasteiger partial charge is 0.251 e. The summed E-state index contributed by atoms with van der Waals surface area (Å²) in [6.45, 7) is 0.470. The van der Waals surface area contributed by atoms with Gasteiger partial charge in [0, 0.05) is 19.2 Å². The van der Waals surface area contributed by atoms with Gasteiger partial charge in [0.2, 0.25) is 5.91 Å². The summed E-state index contributed by atoms with van der Waals surface area (Å²) in [5.74, 6) is -0.0888. The molecule has 4 nitrogen and oxygen atoms in total. The Bertz CT molecular complexity index is 766. The molecule has 2 aromatic rings. The maximum Gasteiger partial charge on any atom is 0.251 e. The summed E-state index contributed by atoms with van der Waals surface area (Å²) >= 11 is 0. The van der Waals surface area contributed by atoms with Crippen LogP contribution in [0.3, 0.4) is 0 Å². The van der Waals surface area contributed by atoms with Crippen LogP contribution in [0.4, 0.5) is 0 Å². The Kier molecular flexibility index (Phi) is 5.49. The third kappa shape index (κ3) is 4.47. The number of amides is 2. The lowest BCUT2D eigenvalue weighted by atomic mass is 9.90. The van der Waals surface area contributed by atoms with Crippen molar-refractivity contribution >= 4 is 11.8 Å². The number of hydrogen-bond donors (Lipinski definition) is 2. The lowest BCUT2D eigenvalue weighted by Gasteiger charge is -2.16. The SMILES string of the molecule is CNC(=O)c1ccc(CNC(=O)Cc2ccc3c(c2)CCCC3)cc1. The highest BCUT2D eigenvalue weighted by atomic mass is 16.2. The molecule has 0 saturated heterocycles. The van der Waals surface area contributed by atoms with Gasteiger partial charge in [-0.3, -0.25) is 9.59 Å². The third-order valence-electron chi connectivity index (χ3n) is 4.71. The first kappa shape index (κ1) is 17.2. The number of carbonyl (C=O) groups excluding carboxylic acids is 2. The van der Waals surface area contributed by atoms with E-state index in [1.165, 1.54) is 24.0 Å². The molecule has 0 atom stereocenters. The highest BCUT2D eigenvalue weighted by Gasteiger charge is 2.11. The average molecular weight is 336 g/mol. The summed E-state index contributed by atoms with van der Waals surface area (Å²) in [5, 5.41) is 5.54. The minimum absolute atomic E-state index is 0.0196. The van der Waals surface area contributed by atoms with Crippen LogP contribution in [-0.2, 0) is 30.6 Å². The summed E-state index contributed by atoms with van der Waals surface area (Å²) in [6, 6.07) is 13.7. The van der Waals surface area contributed by atoms with Crippen molar-refractivity contribution in [3.8, 4) is 0 Å². The Hall–Kier alpha value is -2.62. The number of benzene rings is 2. The largest absolute Gasteiger partial charge is 0.355 e. The Morgan fingerprint density at radius 3 is 2.32 bits per heavy atom. The van der Waals surface area contributed by atoms with Crippen LogP contribution >= 0.6 is 0 Å². The van der Waals surface area contributed by atoms with Crippen LogP contribution in [0.15, 0.2) is 42.5 Å². The molecule has 0 aliphatic heterocycles. The zero-order valence-corrected chi connectivity index (χ0v) is 14.6. The van der Waals surface area contributed by atoms with Gasteiger partial charge in [-0.25, -0.2) is 0 Å². The molecular formula is C21H24N2O2. The lowest BCUT2D eigenvalue weighted by molar-refractivity contribution is -0.120. The topological polar surface area (TPSA) is 58.2 Å². The van der Waals surface area contributed by atoms with Crippen LogP contribution in [0, 0.1) is 0 Å². The van der Waals surface area contributed by atoms with E-state index in [0.717, 1.165) is 24.0 Å². The maximum atomic E-state index is 12.2. The molecule has 0 aromatic heterocycles. The minimum atomic E-state index is -0.108. The number of aryl methyl sites for hydroxylation is 2. The molecule has 2 amide bonds. The lowest BCUT2D eigenvalue weighted by Crippen LogP contribution is -2.24. The summed E-state index contributed by atoms with van der Waals surface area (Å²) in [7, 11) is 1.61. The van der Waals surface area contributed by atoms with E-state index in [-0.39, 0.29) is 11.8 Å². The number of hydrogen-bond acceptors (Lipinski definition) is 2. The fraction of sp³-hybridized carbons (Fsp3) is 0.333. The zero-order valence-electron chi connectivity index (χ0n) is 14.6. The molecule has 0 spiro atoms. The molecule has 4 heteroatoms. The molecular weight excluding hydrogens is 312 g/mol. The Morgan fingerprint density at radius 1 is 0.920 bits per heavy atom. The quantitative estimate of drug-likeness (QED) is 0.882. The van der Waals surface area contributed by atoms with Crippen molar-refractivity contribution in [1.82, 2.24) is 10.6 Å². The monoisotopic (exact) mass is 336 g/mol. The molecule has 0 unspecified atom stereocenters. The van der Waals surface area contributed by atoms with Crippen LogP contribution in [0.25, 0.3) is 0 Å². The van der Waals surface area contributed by atoms with E-state index in [4.69, 9.17) is 0 Å². The first-order valence-electron chi connectivity index (χ1n) is 8.84. The first-order chi connectivity index (χ1) is 12.2. The average Bonchev–Trinajstić information content (AvgIpc) is 2.66. The highest BCUT2D eigenvalue weighted by Crippen LogP contribution is 2.22. The normalized spacial score (nSPS) is 13.0. The summed E-state index contributed by atoms with van der Waals surface area (Å²) in [5.41, 5.74) is 5.51. The molecule has 2 aromatic carbocycles. The van der Waals surface area contributed by atoms with Crippen molar-refractivity contribution in [2.24, 2.45) is 0 Å². The van der Waals surface area contributed by atoms with Gasteiger partial charge in [-0.05, 0) is 60.1 Å². The van der Waals surface area contributed by atoms with Crippen LogP contribution in [0.1, 0.15) is 45.5 Å². The van der Waals surface area contributed by atoms with Crippen molar-refractivity contribution < 1.29 is 9.59 Å². The summed E-state index contributed by atoms with van der Waals surface area (Å²) in [4.78, 5) is 23.7. The number of fused-ring (bicyclic) bond motifs is 1. The number of rotatable bonds is 5. The van der Waals surface area contributed by atoms with Crippen molar-refractivity contribution in [2.45, 2.75) is 38.6 Å². The molecule has 1 aliphatic rings. The van der Waals surface area contributed by atoms with E-state index < -0.39 is 0 Å². The van der Waals surface area contributed by atoms with Crippen molar-refractivity contribution in [3.05, 3.63) is 70.3 Å². The molecule has 2 N–H and O–H groups in total. The molecule has 0 radical (unpaired) electrons. The van der Waals surface area contributed by atoms with Crippen LogP contribution < -0.4 is 10.6 Å². The predicted molar refractivity (Wildman–Crippen MR) is 98.5 cm³/mol. The molecule has 3 rings (SSSR count). The molecule has 0 heterocycles. The van der Waals surface area contributed by atoms with Crippen molar-refractivity contribution in [3.63, 3.8) is 0 Å². The molecule has 130 valence electrons. The van der Waals surface area contributed by atoms with Gasteiger partial charge < -0.3 is 10.6 Å². The van der Waals surface area contributed by atoms with Crippen LogP contribution in [-0.4, -0.2) is 18.9 Å². The van der Waals surface area contributed by atoms with Gasteiger partial charge in [-0.2, -0.15) is 0 Å². The van der Waals surface area contributed by atoms with Crippen molar-refractivity contribution in [2.75, 3.05) is 7.05 Å². The molecule has 0 fully saturated rings. The Labute approximate surface area is 148 Å². The zero-order chi connectivity index (χ0) is 17.6. The summed E-state index contributed by atoms with van der Waals surface area (Å²) in [6.07, 6.45) is 5.21. The van der Waals surface area contributed by atoms with Gasteiger partial charge in [0.1, 0.15) is 0 Å². The van der Waals surface area contributed by atoms with Crippen molar-refractivity contribution in [1.29, 1.82) is 0 Å². The fourth-order valence-electron chi connectivity index (χ4n) is 3.26. The molecule has 0 saturated carbocycles. The number of nitrogens with one attached hydrogen (secondary N) is 2. The predicted octanol–water partition coefficient (Wildman–Crippen LogP) is 2.78. The van der Waals surface area contributed by atoms with E-state index in [1.54, 1.807) is 19.2 Å². The number of carbonyl (C=O) groups is 2. The second-order valence-electron chi connectivity index (χ2n) is 6.54. The van der Waals surface area contributed by atoms with E-state index in [1.807, 2.05) is 12.1 Å². The third-order valence-corrected chi connectivity index (χ3v) is 4.71. The second kappa shape index (κ2) is 7.97. The van der Waals surface area contributed by atoms with E-state index in [0.29, 0.717) is 18.5 Å². The van der Waals surface area contributed by atoms with Gasteiger partial charge in [0.25, 0.3) is 5.91 Å². The van der Waals surface area contributed by atoms with E-state index in [2.05, 4.69) is 28.8 Å². The second-order valence-corrected chi connectivity index (χ2v) is 6.54. The van der Waals surface area contributed by atoms with Crippen LogP contribution in [0.2, 0.25) is 0 Å².